The third kappa shape index (κ3) is 2.53. The summed E-state index contributed by atoms with van der Waals surface area (Å²) >= 11 is 5.06. The van der Waals surface area contributed by atoms with Gasteiger partial charge >= 0.3 is 0 Å². The van der Waals surface area contributed by atoms with Gasteiger partial charge in [0, 0.05) is 14.8 Å². The van der Waals surface area contributed by atoms with E-state index in [4.69, 9.17) is 0 Å². The van der Waals surface area contributed by atoms with E-state index in [-0.39, 0.29) is 0 Å². The molecule has 2 aromatic carbocycles. The minimum atomic E-state index is 0.310. The van der Waals surface area contributed by atoms with Crippen molar-refractivity contribution >= 4 is 38.5 Å². The lowest BCUT2D eigenvalue weighted by Crippen LogP contribution is -1.86. The van der Waals surface area contributed by atoms with Crippen LogP contribution in [0.4, 0.5) is 0 Å². The van der Waals surface area contributed by atoms with Crippen LogP contribution in [0.15, 0.2) is 62.9 Å². The number of halogens is 1. The maximum Gasteiger partial charge on any atom is 0.123 e. The van der Waals surface area contributed by atoms with E-state index in [1.807, 2.05) is 49.4 Å². The number of fused-ring (bicyclic) bond motifs is 1. The SMILES string of the molecule is Cc1nc(Sc2ccc(O)c3ccccc23)ccc1Br. The predicted octanol–water partition coefficient (Wildman–Crippen LogP) is 5.16. The normalized spacial score (nSPS) is 10.9. The van der Waals surface area contributed by atoms with Crippen molar-refractivity contribution in [3.8, 4) is 5.75 Å². The van der Waals surface area contributed by atoms with Gasteiger partial charge in [0.15, 0.2) is 0 Å². The van der Waals surface area contributed by atoms with Crippen LogP contribution in [0.25, 0.3) is 10.8 Å². The van der Waals surface area contributed by atoms with Crippen molar-refractivity contribution < 1.29 is 5.11 Å². The van der Waals surface area contributed by atoms with Gasteiger partial charge in [0.25, 0.3) is 0 Å². The van der Waals surface area contributed by atoms with Gasteiger partial charge in [-0.25, -0.2) is 4.98 Å². The van der Waals surface area contributed by atoms with Crippen molar-refractivity contribution in [1.82, 2.24) is 4.98 Å². The Labute approximate surface area is 130 Å². The topological polar surface area (TPSA) is 33.1 Å². The zero-order valence-electron chi connectivity index (χ0n) is 10.8. The molecule has 0 radical (unpaired) electrons. The Kier molecular flexibility index (Phi) is 3.68. The highest BCUT2D eigenvalue weighted by Gasteiger charge is 2.08. The molecule has 0 amide bonds. The average Bonchev–Trinajstić information content (AvgIpc) is 2.46. The summed E-state index contributed by atoms with van der Waals surface area (Å²) in [5.41, 5.74) is 0.970. The van der Waals surface area contributed by atoms with Gasteiger partial charge in [0.1, 0.15) is 10.8 Å². The highest BCUT2D eigenvalue weighted by Crippen LogP contribution is 2.36. The Morgan fingerprint density at radius 2 is 1.75 bits per heavy atom. The largest absolute Gasteiger partial charge is 0.507 e. The van der Waals surface area contributed by atoms with Gasteiger partial charge < -0.3 is 5.11 Å². The number of hydrogen-bond donors (Lipinski definition) is 1. The fourth-order valence-electron chi connectivity index (χ4n) is 2.04. The molecule has 1 heterocycles. The summed E-state index contributed by atoms with van der Waals surface area (Å²) in [4.78, 5) is 5.64. The van der Waals surface area contributed by atoms with Gasteiger partial charge in [0.2, 0.25) is 0 Å². The minimum Gasteiger partial charge on any atom is -0.507 e. The molecule has 0 atom stereocenters. The molecule has 0 aliphatic carbocycles. The maximum atomic E-state index is 9.91. The van der Waals surface area contributed by atoms with Crippen molar-refractivity contribution in [2.24, 2.45) is 0 Å². The number of aromatic nitrogens is 1. The summed E-state index contributed by atoms with van der Waals surface area (Å²) in [5, 5.41) is 12.8. The van der Waals surface area contributed by atoms with Crippen LogP contribution in [0, 0.1) is 6.92 Å². The molecular weight excluding hydrogens is 334 g/mol. The molecule has 20 heavy (non-hydrogen) atoms. The molecule has 4 heteroatoms. The highest BCUT2D eigenvalue weighted by molar-refractivity contribution is 9.10. The van der Waals surface area contributed by atoms with Gasteiger partial charge in [-0.1, -0.05) is 36.0 Å². The maximum absolute atomic E-state index is 9.91. The molecule has 1 N–H and O–H groups in total. The van der Waals surface area contributed by atoms with Crippen LogP contribution in [-0.2, 0) is 0 Å². The molecule has 0 aliphatic rings. The number of rotatable bonds is 2. The standard InChI is InChI=1S/C16H12BrNOS/c1-10-13(17)6-9-16(18-10)20-15-8-7-14(19)11-4-2-3-5-12(11)15/h2-9,19H,1H3. The van der Waals surface area contributed by atoms with E-state index >= 15 is 0 Å². The number of aromatic hydroxyl groups is 1. The van der Waals surface area contributed by atoms with Gasteiger partial charge in [-0.2, -0.15) is 0 Å². The van der Waals surface area contributed by atoms with Crippen molar-refractivity contribution in [3.05, 3.63) is 58.7 Å². The second-order valence-electron chi connectivity index (χ2n) is 4.45. The minimum absolute atomic E-state index is 0.310. The quantitative estimate of drug-likeness (QED) is 0.696. The van der Waals surface area contributed by atoms with Gasteiger partial charge in [-0.3, -0.25) is 0 Å². The fourth-order valence-corrected chi connectivity index (χ4v) is 3.22. The highest BCUT2D eigenvalue weighted by atomic mass is 79.9. The van der Waals surface area contributed by atoms with Crippen LogP contribution in [-0.4, -0.2) is 10.1 Å². The van der Waals surface area contributed by atoms with Crippen LogP contribution < -0.4 is 0 Å². The second-order valence-corrected chi connectivity index (χ2v) is 6.36. The van der Waals surface area contributed by atoms with Crippen molar-refractivity contribution in [2.45, 2.75) is 16.8 Å². The van der Waals surface area contributed by atoms with Crippen LogP contribution in [0.5, 0.6) is 5.75 Å². The van der Waals surface area contributed by atoms with E-state index in [0.29, 0.717) is 5.75 Å². The Balaban J connectivity index is 2.06. The zero-order chi connectivity index (χ0) is 14.1. The van der Waals surface area contributed by atoms with Crippen molar-refractivity contribution in [2.75, 3.05) is 0 Å². The number of phenolic OH excluding ortho intramolecular Hbond substituents is 1. The second kappa shape index (κ2) is 5.46. The van der Waals surface area contributed by atoms with Crippen LogP contribution in [0.1, 0.15) is 5.69 Å². The van der Waals surface area contributed by atoms with Crippen molar-refractivity contribution in [3.63, 3.8) is 0 Å². The van der Waals surface area contributed by atoms with Crippen LogP contribution in [0.3, 0.4) is 0 Å². The molecule has 100 valence electrons. The monoisotopic (exact) mass is 345 g/mol. The van der Waals surface area contributed by atoms with Crippen LogP contribution >= 0.6 is 27.7 Å². The van der Waals surface area contributed by atoms with Gasteiger partial charge in [0.05, 0.1) is 5.69 Å². The lowest BCUT2D eigenvalue weighted by atomic mass is 10.1. The Bertz CT molecular complexity index is 789. The molecule has 3 rings (SSSR count). The molecule has 0 saturated carbocycles. The lowest BCUT2D eigenvalue weighted by molar-refractivity contribution is 0.481. The number of nitrogens with zero attached hydrogens (tertiary/aromatic N) is 1. The van der Waals surface area contributed by atoms with E-state index in [1.54, 1.807) is 17.8 Å². The van der Waals surface area contributed by atoms with E-state index in [1.165, 1.54) is 0 Å². The first-order chi connectivity index (χ1) is 9.65. The summed E-state index contributed by atoms with van der Waals surface area (Å²) in [5.74, 6) is 0.310. The summed E-state index contributed by atoms with van der Waals surface area (Å²) < 4.78 is 1.01. The van der Waals surface area contributed by atoms with Crippen molar-refractivity contribution in [1.29, 1.82) is 0 Å². The first-order valence-corrected chi connectivity index (χ1v) is 7.78. The van der Waals surface area contributed by atoms with Crippen LogP contribution in [0.2, 0.25) is 0 Å². The first kappa shape index (κ1) is 13.5. The number of pyridine rings is 1. The first-order valence-electron chi connectivity index (χ1n) is 6.17. The smallest absolute Gasteiger partial charge is 0.123 e. The average molecular weight is 346 g/mol. The molecule has 0 aliphatic heterocycles. The van der Waals surface area contributed by atoms with Gasteiger partial charge in [-0.05, 0) is 52.5 Å². The molecular formula is C16H12BrNOS. The molecule has 0 unspecified atom stereocenters. The Morgan fingerprint density at radius 3 is 2.50 bits per heavy atom. The van der Waals surface area contributed by atoms with E-state index < -0.39 is 0 Å². The Hall–Kier alpha value is -1.52. The number of phenols is 1. The molecule has 0 saturated heterocycles. The Morgan fingerprint density at radius 1 is 1.00 bits per heavy atom. The molecule has 0 spiro atoms. The molecule has 3 aromatic rings. The summed E-state index contributed by atoms with van der Waals surface area (Å²) in [6.07, 6.45) is 0. The third-order valence-corrected chi connectivity index (χ3v) is 4.92. The molecule has 0 bridgehead atoms. The fraction of sp³-hybridized carbons (Fsp3) is 0.0625. The summed E-state index contributed by atoms with van der Waals surface area (Å²) in [7, 11) is 0. The van der Waals surface area contributed by atoms with E-state index in [2.05, 4.69) is 20.9 Å². The van der Waals surface area contributed by atoms with Gasteiger partial charge in [-0.15, -0.1) is 0 Å². The number of aryl methyl sites for hydroxylation is 1. The predicted molar refractivity (Wildman–Crippen MR) is 86.4 cm³/mol. The number of benzene rings is 2. The number of hydrogen-bond acceptors (Lipinski definition) is 3. The summed E-state index contributed by atoms with van der Waals surface area (Å²) in [6.45, 7) is 1.98. The van der Waals surface area contributed by atoms with E-state index in [0.717, 1.165) is 30.9 Å². The lowest BCUT2D eigenvalue weighted by Gasteiger charge is -2.08. The molecule has 0 fully saturated rings. The molecule has 2 nitrogen and oxygen atoms in total. The zero-order valence-corrected chi connectivity index (χ0v) is 13.2. The third-order valence-electron chi connectivity index (χ3n) is 3.07. The molecule has 1 aromatic heterocycles. The van der Waals surface area contributed by atoms with E-state index in [9.17, 15) is 5.11 Å². The summed E-state index contributed by atoms with van der Waals surface area (Å²) in [6, 6.07) is 15.5.